The molecule has 23 heavy (non-hydrogen) atoms. The molecule has 0 bridgehead atoms. The van der Waals surface area contributed by atoms with E-state index in [4.69, 9.17) is 9.68 Å². The summed E-state index contributed by atoms with van der Waals surface area (Å²) in [6.45, 7) is 2.97. The van der Waals surface area contributed by atoms with Crippen molar-refractivity contribution in [2.75, 3.05) is 6.79 Å². The molecule has 0 aliphatic rings. The van der Waals surface area contributed by atoms with Crippen LogP contribution in [0, 0.1) is 11.6 Å². The molecule has 2 rings (SSSR count). The zero-order chi connectivity index (χ0) is 16.7. The molecule has 120 valence electrons. The van der Waals surface area contributed by atoms with E-state index in [1.807, 2.05) is 0 Å². The lowest BCUT2D eigenvalue weighted by Crippen LogP contribution is -2.03. The average molecular weight is 318 g/mol. The van der Waals surface area contributed by atoms with Gasteiger partial charge in [0.25, 0.3) is 6.79 Å². The number of benzene rings is 2. The highest BCUT2D eigenvalue weighted by atomic mass is 19.1. The summed E-state index contributed by atoms with van der Waals surface area (Å²) in [4.78, 5) is 9.84. The predicted octanol–water partition coefficient (Wildman–Crippen LogP) is 4.10. The van der Waals surface area contributed by atoms with Crippen molar-refractivity contribution in [2.45, 2.75) is 13.8 Å². The van der Waals surface area contributed by atoms with Gasteiger partial charge in [-0.3, -0.25) is 0 Å². The van der Waals surface area contributed by atoms with Gasteiger partial charge < -0.3 is 9.68 Å². The van der Waals surface area contributed by atoms with E-state index in [0.29, 0.717) is 22.6 Å². The van der Waals surface area contributed by atoms with Crippen molar-refractivity contribution in [3.8, 4) is 0 Å². The Morgan fingerprint density at radius 1 is 0.783 bits per heavy atom. The zero-order valence-electron chi connectivity index (χ0n) is 12.8. The maximum absolute atomic E-state index is 13.5. The number of halogens is 2. The molecule has 0 aliphatic carbocycles. The van der Waals surface area contributed by atoms with E-state index in [1.54, 1.807) is 50.2 Å². The van der Waals surface area contributed by atoms with Gasteiger partial charge in [-0.05, 0) is 26.0 Å². The fourth-order valence-electron chi connectivity index (χ4n) is 1.88. The van der Waals surface area contributed by atoms with Crippen LogP contribution in [0.5, 0.6) is 0 Å². The monoisotopic (exact) mass is 318 g/mol. The maximum atomic E-state index is 13.5. The van der Waals surface area contributed by atoms with Gasteiger partial charge in [0.05, 0.1) is 11.4 Å². The Kier molecular flexibility index (Phi) is 5.80. The summed E-state index contributed by atoms with van der Waals surface area (Å²) in [5, 5.41) is 7.50. The van der Waals surface area contributed by atoms with Crippen LogP contribution >= 0.6 is 0 Å². The van der Waals surface area contributed by atoms with Gasteiger partial charge in [0.1, 0.15) is 11.6 Å². The van der Waals surface area contributed by atoms with Gasteiger partial charge in [0, 0.05) is 11.1 Å². The molecule has 2 aromatic carbocycles. The zero-order valence-corrected chi connectivity index (χ0v) is 12.8. The summed E-state index contributed by atoms with van der Waals surface area (Å²) in [5.41, 5.74) is 1.44. The molecule has 4 nitrogen and oxygen atoms in total. The van der Waals surface area contributed by atoms with Crippen molar-refractivity contribution < 1.29 is 18.5 Å². The van der Waals surface area contributed by atoms with Gasteiger partial charge in [0.2, 0.25) is 0 Å². The Morgan fingerprint density at radius 2 is 1.17 bits per heavy atom. The first-order valence-corrected chi connectivity index (χ1v) is 6.92. The third-order valence-corrected chi connectivity index (χ3v) is 3.04. The highest BCUT2D eigenvalue weighted by Gasteiger charge is 2.05. The molecule has 0 atom stereocenters. The third-order valence-electron chi connectivity index (χ3n) is 3.04. The Morgan fingerprint density at radius 3 is 1.57 bits per heavy atom. The molecular formula is C17H16F2N2O2. The van der Waals surface area contributed by atoms with Gasteiger partial charge in [-0.2, -0.15) is 0 Å². The minimum atomic E-state index is -0.383. The van der Waals surface area contributed by atoms with Crippen LogP contribution in [0.25, 0.3) is 0 Å². The number of nitrogens with zero attached hydrogens (tertiary/aromatic N) is 2. The highest BCUT2D eigenvalue weighted by molar-refractivity contribution is 5.99. The van der Waals surface area contributed by atoms with Gasteiger partial charge in [-0.15, -0.1) is 0 Å². The van der Waals surface area contributed by atoms with Crippen LogP contribution in [0.15, 0.2) is 58.8 Å². The maximum Gasteiger partial charge on any atom is 0.280 e. The molecule has 0 saturated carbocycles. The second-order valence-electron chi connectivity index (χ2n) is 4.69. The second kappa shape index (κ2) is 8.03. The Labute approximate surface area is 133 Å². The summed E-state index contributed by atoms with van der Waals surface area (Å²) in [7, 11) is 0. The number of hydrogen-bond acceptors (Lipinski definition) is 4. The van der Waals surface area contributed by atoms with E-state index in [1.165, 1.54) is 12.1 Å². The highest BCUT2D eigenvalue weighted by Crippen LogP contribution is 2.09. The van der Waals surface area contributed by atoms with Crippen LogP contribution in [0.4, 0.5) is 8.78 Å². The van der Waals surface area contributed by atoms with Crippen LogP contribution in [0.1, 0.15) is 25.0 Å². The Bertz CT molecular complexity index is 669. The molecule has 0 radical (unpaired) electrons. The molecule has 0 fully saturated rings. The molecule has 0 aromatic heterocycles. The van der Waals surface area contributed by atoms with E-state index < -0.39 is 0 Å². The number of rotatable bonds is 6. The van der Waals surface area contributed by atoms with E-state index >= 15 is 0 Å². The van der Waals surface area contributed by atoms with Crippen LogP contribution in [0.2, 0.25) is 0 Å². The number of oxime groups is 2. The van der Waals surface area contributed by atoms with Crippen LogP contribution in [-0.4, -0.2) is 18.2 Å². The largest absolute Gasteiger partial charge is 0.352 e. The molecule has 0 aliphatic heterocycles. The average Bonchev–Trinajstić information content (AvgIpc) is 2.55. The first kappa shape index (κ1) is 16.6. The molecule has 0 amide bonds. The quantitative estimate of drug-likeness (QED) is 0.348. The van der Waals surface area contributed by atoms with Gasteiger partial charge in [-0.1, -0.05) is 46.7 Å². The van der Waals surface area contributed by atoms with Crippen LogP contribution in [0.3, 0.4) is 0 Å². The van der Waals surface area contributed by atoms with Crippen LogP contribution < -0.4 is 0 Å². The van der Waals surface area contributed by atoms with E-state index in [2.05, 4.69) is 10.3 Å². The van der Waals surface area contributed by atoms with Crippen molar-refractivity contribution in [1.29, 1.82) is 0 Å². The van der Waals surface area contributed by atoms with Gasteiger partial charge in [0.15, 0.2) is 0 Å². The minimum Gasteiger partial charge on any atom is -0.352 e. The molecule has 0 spiro atoms. The third kappa shape index (κ3) is 4.60. The summed E-state index contributed by atoms with van der Waals surface area (Å²) in [6, 6.07) is 12.5. The molecule has 0 N–H and O–H groups in total. The SMILES string of the molecule is C/C(=N\OCO/N=C(\C)c1ccccc1F)c1ccccc1F. The Hall–Kier alpha value is -2.76. The summed E-state index contributed by atoms with van der Waals surface area (Å²) in [6.07, 6.45) is 0. The molecule has 0 saturated heterocycles. The van der Waals surface area contributed by atoms with E-state index in [9.17, 15) is 8.78 Å². The standard InChI is InChI=1S/C17H16F2N2O2/c1-12(14-7-3-5-9-16(14)18)20-22-11-23-21-13(2)15-8-4-6-10-17(15)19/h3-10H,11H2,1-2H3/b20-12+,21-13+. The Balaban J connectivity index is 1.88. The fraction of sp³-hybridized carbons (Fsp3) is 0.176. The summed E-state index contributed by atoms with van der Waals surface area (Å²) < 4.78 is 27.0. The van der Waals surface area contributed by atoms with Crippen molar-refractivity contribution in [3.63, 3.8) is 0 Å². The van der Waals surface area contributed by atoms with Gasteiger partial charge >= 0.3 is 0 Å². The van der Waals surface area contributed by atoms with Crippen molar-refractivity contribution in [1.82, 2.24) is 0 Å². The lowest BCUT2D eigenvalue weighted by atomic mass is 10.1. The molecule has 0 unspecified atom stereocenters. The summed E-state index contributed by atoms with van der Waals surface area (Å²) >= 11 is 0. The fourth-order valence-corrected chi connectivity index (χ4v) is 1.88. The molecule has 6 heteroatoms. The molecular weight excluding hydrogens is 302 g/mol. The van der Waals surface area contributed by atoms with Crippen molar-refractivity contribution in [2.24, 2.45) is 10.3 Å². The summed E-state index contributed by atoms with van der Waals surface area (Å²) in [5.74, 6) is -0.765. The second-order valence-corrected chi connectivity index (χ2v) is 4.69. The first-order chi connectivity index (χ1) is 11.1. The smallest absolute Gasteiger partial charge is 0.280 e. The van der Waals surface area contributed by atoms with Crippen LogP contribution in [-0.2, 0) is 9.68 Å². The van der Waals surface area contributed by atoms with Crippen molar-refractivity contribution >= 4 is 11.4 Å². The lowest BCUT2D eigenvalue weighted by molar-refractivity contribution is -0.0505. The minimum absolute atomic E-state index is 0.266. The predicted molar refractivity (Wildman–Crippen MR) is 84.3 cm³/mol. The van der Waals surface area contributed by atoms with E-state index in [0.717, 1.165) is 0 Å². The molecule has 2 aromatic rings. The molecule has 0 heterocycles. The number of hydrogen-bond donors (Lipinski definition) is 0. The topological polar surface area (TPSA) is 43.2 Å². The van der Waals surface area contributed by atoms with E-state index in [-0.39, 0.29) is 18.4 Å². The normalized spacial score (nSPS) is 12.2. The van der Waals surface area contributed by atoms with Gasteiger partial charge in [-0.25, -0.2) is 8.78 Å². The first-order valence-electron chi connectivity index (χ1n) is 6.92. The van der Waals surface area contributed by atoms with Crippen molar-refractivity contribution in [3.05, 3.63) is 71.3 Å². The lowest BCUT2D eigenvalue weighted by Gasteiger charge is -2.04.